The number of phenols is 1. The van der Waals surface area contributed by atoms with Crippen LogP contribution in [-0.2, 0) is 6.54 Å². The van der Waals surface area contributed by atoms with Crippen molar-refractivity contribution < 1.29 is 5.11 Å². The molecule has 20 heavy (non-hydrogen) atoms. The van der Waals surface area contributed by atoms with Gasteiger partial charge in [0.25, 0.3) is 0 Å². The van der Waals surface area contributed by atoms with Crippen molar-refractivity contribution in [2.24, 2.45) is 0 Å². The summed E-state index contributed by atoms with van der Waals surface area (Å²) in [4.78, 5) is 2.38. The van der Waals surface area contributed by atoms with Gasteiger partial charge in [-0.25, -0.2) is 0 Å². The maximum atomic E-state index is 9.43. The molecule has 0 heterocycles. The van der Waals surface area contributed by atoms with E-state index in [1.54, 1.807) is 6.07 Å². The summed E-state index contributed by atoms with van der Waals surface area (Å²) in [6, 6.07) is 5.40. The van der Waals surface area contributed by atoms with Gasteiger partial charge in [-0.15, -0.1) is 0 Å². The highest BCUT2D eigenvalue weighted by Crippen LogP contribution is 2.31. The van der Waals surface area contributed by atoms with E-state index in [2.05, 4.69) is 24.3 Å². The van der Waals surface area contributed by atoms with E-state index in [4.69, 9.17) is 11.6 Å². The van der Waals surface area contributed by atoms with Crippen molar-refractivity contribution in [2.45, 2.75) is 44.2 Å². The van der Waals surface area contributed by atoms with Crippen molar-refractivity contribution in [3.63, 3.8) is 0 Å². The van der Waals surface area contributed by atoms with E-state index in [-0.39, 0.29) is 5.75 Å². The first kappa shape index (κ1) is 15.6. The van der Waals surface area contributed by atoms with Crippen LogP contribution in [0, 0.1) is 0 Å². The SMILES string of the molecule is CN(C)C1(CNCc2ccc(O)c(Cl)c2)CCCCC1. The summed E-state index contributed by atoms with van der Waals surface area (Å²) in [5.74, 6) is 0.146. The van der Waals surface area contributed by atoms with Gasteiger partial charge in [0, 0.05) is 18.6 Å². The van der Waals surface area contributed by atoms with Crippen LogP contribution in [0.5, 0.6) is 5.75 Å². The number of phenolic OH excluding ortho intramolecular Hbond substituents is 1. The number of benzene rings is 1. The van der Waals surface area contributed by atoms with Gasteiger partial charge in [-0.2, -0.15) is 0 Å². The second-order valence-corrected chi connectivity index (χ2v) is 6.48. The normalized spacial score (nSPS) is 18.4. The third kappa shape index (κ3) is 3.66. The van der Waals surface area contributed by atoms with Crippen molar-refractivity contribution in [1.82, 2.24) is 10.2 Å². The highest BCUT2D eigenvalue weighted by atomic mass is 35.5. The monoisotopic (exact) mass is 296 g/mol. The highest BCUT2D eigenvalue weighted by Gasteiger charge is 2.33. The number of aromatic hydroxyl groups is 1. The van der Waals surface area contributed by atoms with E-state index in [1.165, 1.54) is 32.1 Å². The molecule has 0 aliphatic heterocycles. The lowest BCUT2D eigenvalue weighted by atomic mass is 9.80. The van der Waals surface area contributed by atoms with Crippen LogP contribution < -0.4 is 5.32 Å². The molecule has 3 nitrogen and oxygen atoms in total. The summed E-state index contributed by atoms with van der Waals surface area (Å²) in [6.45, 7) is 1.79. The van der Waals surface area contributed by atoms with Crippen molar-refractivity contribution in [3.8, 4) is 5.75 Å². The van der Waals surface area contributed by atoms with Crippen LogP contribution in [0.2, 0.25) is 5.02 Å². The molecule has 1 aliphatic rings. The molecule has 2 rings (SSSR count). The predicted octanol–water partition coefficient (Wildman–Crippen LogP) is 3.40. The van der Waals surface area contributed by atoms with Crippen molar-refractivity contribution in [3.05, 3.63) is 28.8 Å². The molecule has 0 saturated heterocycles. The zero-order chi connectivity index (χ0) is 14.6. The van der Waals surface area contributed by atoms with E-state index < -0.39 is 0 Å². The lowest BCUT2D eigenvalue weighted by Gasteiger charge is -2.43. The van der Waals surface area contributed by atoms with Crippen molar-refractivity contribution >= 4 is 11.6 Å². The standard InChI is InChI=1S/C16H25ClN2O/c1-19(2)16(8-4-3-5-9-16)12-18-11-13-6-7-15(20)14(17)10-13/h6-7,10,18,20H,3-5,8-9,11-12H2,1-2H3. The van der Waals surface area contributed by atoms with Gasteiger partial charge in [-0.3, -0.25) is 0 Å². The number of nitrogens with one attached hydrogen (secondary N) is 1. The smallest absolute Gasteiger partial charge is 0.134 e. The fourth-order valence-corrected chi connectivity index (χ4v) is 3.30. The summed E-state index contributed by atoms with van der Waals surface area (Å²) in [6.07, 6.45) is 6.55. The first-order chi connectivity index (χ1) is 9.53. The van der Waals surface area contributed by atoms with Gasteiger partial charge in [-0.05, 0) is 44.6 Å². The number of nitrogens with zero attached hydrogens (tertiary/aromatic N) is 1. The van der Waals surface area contributed by atoms with E-state index in [9.17, 15) is 5.11 Å². The van der Waals surface area contributed by atoms with Crippen molar-refractivity contribution in [2.75, 3.05) is 20.6 Å². The molecular formula is C16H25ClN2O. The fourth-order valence-electron chi connectivity index (χ4n) is 3.09. The minimum atomic E-state index is 0.146. The Morgan fingerprint density at radius 2 is 1.95 bits per heavy atom. The molecular weight excluding hydrogens is 272 g/mol. The minimum Gasteiger partial charge on any atom is -0.506 e. The van der Waals surface area contributed by atoms with Gasteiger partial charge >= 0.3 is 0 Å². The number of rotatable bonds is 5. The van der Waals surface area contributed by atoms with Crippen LogP contribution >= 0.6 is 11.6 Å². The van der Waals surface area contributed by atoms with E-state index in [0.29, 0.717) is 10.6 Å². The lowest BCUT2D eigenvalue weighted by Crippen LogP contribution is -2.52. The summed E-state index contributed by atoms with van der Waals surface area (Å²) in [5, 5.41) is 13.4. The largest absolute Gasteiger partial charge is 0.506 e. The van der Waals surface area contributed by atoms with Crippen LogP contribution in [-0.4, -0.2) is 36.2 Å². The number of likely N-dealkylation sites (N-methyl/N-ethyl adjacent to an activating group) is 1. The zero-order valence-electron chi connectivity index (χ0n) is 12.5. The molecule has 0 spiro atoms. The van der Waals surface area contributed by atoms with Crippen LogP contribution in [0.25, 0.3) is 0 Å². The number of halogens is 1. The maximum absolute atomic E-state index is 9.43. The first-order valence-electron chi connectivity index (χ1n) is 7.39. The second-order valence-electron chi connectivity index (χ2n) is 6.07. The topological polar surface area (TPSA) is 35.5 Å². The van der Waals surface area contributed by atoms with Crippen LogP contribution in [0.1, 0.15) is 37.7 Å². The predicted molar refractivity (Wildman–Crippen MR) is 84.3 cm³/mol. The molecule has 1 aliphatic carbocycles. The first-order valence-corrected chi connectivity index (χ1v) is 7.77. The zero-order valence-corrected chi connectivity index (χ0v) is 13.2. The lowest BCUT2D eigenvalue weighted by molar-refractivity contribution is 0.0984. The van der Waals surface area contributed by atoms with E-state index in [0.717, 1.165) is 18.7 Å². The van der Waals surface area contributed by atoms with Gasteiger partial charge in [0.1, 0.15) is 5.75 Å². The molecule has 1 aromatic rings. The molecule has 0 amide bonds. The second kappa shape index (κ2) is 6.79. The average molecular weight is 297 g/mol. The van der Waals surface area contributed by atoms with Gasteiger partial charge < -0.3 is 15.3 Å². The Kier molecular flexibility index (Phi) is 5.30. The van der Waals surface area contributed by atoms with Crippen LogP contribution in [0.3, 0.4) is 0 Å². The summed E-state index contributed by atoms with van der Waals surface area (Å²) < 4.78 is 0. The Morgan fingerprint density at radius 3 is 2.55 bits per heavy atom. The molecule has 0 unspecified atom stereocenters. The van der Waals surface area contributed by atoms with Gasteiger partial charge in [-0.1, -0.05) is 36.9 Å². The quantitative estimate of drug-likeness (QED) is 0.874. The molecule has 112 valence electrons. The Bertz CT molecular complexity index is 442. The molecule has 1 aromatic carbocycles. The molecule has 1 saturated carbocycles. The molecule has 2 N–H and O–H groups in total. The highest BCUT2D eigenvalue weighted by molar-refractivity contribution is 6.32. The Hall–Kier alpha value is -0.770. The summed E-state index contributed by atoms with van der Waals surface area (Å²) in [7, 11) is 4.37. The molecule has 4 heteroatoms. The third-order valence-corrected chi connectivity index (χ3v) is 4.83. The van der Waals surface area contributed by atoms with Crippen molar-refractivity contribution in [1.29, 1.82) is 0 Å². The van der Waals surface area contributed by atoms with Gasteiger partial charge in [0.15, 0.2) is 0 Å². The average Bonchev–Trinajstić information content (AvgIpc) is 2.44. The maximum Gasteiger partial charge on any atom is 0.134 e. The third-order valence-electron chi connectivity index (χ3n) is 4.53. The van der Waals surface area contributed by atoms with Crippen LogP contribution in [0.15, 0.2) is 18.2 Å². The summed E-state index contributed by atoms with van der Waals surface area (Å²) >= 11 is 5.93. The van der Waals surface area contributed by atoms with Gasteiger partial charge in [0.2, 0.25) is 0 Å². The number of hydrogen-bond donors (Lipinski definition) is 2. The molecule has 0 atom stereocenters. The summed E-state index contributed by atoms with van der Waals surface area (Å²) in [5.41, 5.74) is 1.40. The molecule has 0 bridgehead atoms. The Morgan fingerprint density at radius 1 is 1.25 bits per heavy atom. The van der Waals surface area contributed by atoms with Gasteiger partial charge in [0.05, 0.1) is 5.02 Å². The molecule has 1 fully saturated rings. The fraction of sp³-hybridized carbons (Fsp3) is 0.625. The Labute approximate surface area is 126 Å². The Balaban J connectivity index is 1.91. The minimum absolute atomic E-state index is 0.146. The van der Waals surface area contributed by atoms with E-state index in [1.807, 2.05) is 12.1 Å². The molecule has 0 radical (unpaired) electrons. The van der Waals surface area contributed by atoms with E-state index >= 15 is 0 Å². The number of hydrogen-bond acceptors (Lipinski definition) is 3. The molecule has 0 aromatic heterocycles. The van der Waals surface area contributed by atoms with Crippen LogP contribution in [0.4, 0.5) is 0 Å².